The molecular weight excluding hydrogens is 304 g/mol. The topological polar surface area (TPSA) is 52.6 Å². The lowest BCUT2D eigenvalue weighted by Gasteiger charge is -2.31. The third-order valence-electron chi connectivity index (χ3n) is 3.02. The summed E-state index contributed by atoms with van der Waals surface area (Å²) in [7, 11) is 0. The summed E-state index contributed by atoms with van der Waals surface area (Å²) in [5, 5.41) is 15.8. The molecule has 0 bridgehead atoms. The number of likely N-dealkylation sites (tertiary alicyclic amines) is 1. The van der Waals surface area contributed by atoms with E-state index in [9.17, 15) is 4.79 Å². The maximum absolute atomic E-state index is 11.9. The van der Waals surface area contributed by atoms with Gasteiger partial charge in [-0.3, -0.25) is 0 Å². The summed E-state index contributed by atoms with van der Waals surface area (Å²) in [5.41, 5.74) is 0.823. The molecule has 2 N–H and O–H groups in total. The number of nitrogens with one attached hydrogen (secondary N) is 1. The van der Waals surface area contributed by atoms with Gasteiger partial charge in [-0.1, -0.05) is 0 Å². The first-order chi connectivity index (χ1) is 8.20. The Bertz CT molecular complexity index is 389. The number of piperidine rings is 1. The van der Waals surface area contributed by atoms with E-state index in [0.29, 0.717) is 5.92 Å². The molecule has 1 fully saturated rings. The Labute approximate surface area is 113 Å². The zero-order valence-electron chi connectivity index (χ0n) is 9.36. The highest BCUT2D eigenvalue weighted by atomic mass is 79.9. The van der Waals surface area contributed by atoms with Gasteiger partial charge >= 0.3 is 6.03 Å². The van der Waals surface area contributed by atoms with Gasteiger partial charge in [0.1, 0.15) is 0 Å². The molecule has 0 radical (unpaired) electrons. The fraction of sp³-hybridized carbons (Fsp3) is 0.545. The van der Waals surface area contributed by atoms with E-state index in [1.807, 2.05) is 10.8 Å². The van der Waals surface area contributed by atoms with E-state index in [4.69, 9.17) is 5.11 Å². The summed E-state index contributed by atoms with van der Waals surface area (Å²) in [6.07, 6.45) is 1.77. The third-order valence-corrected chi connectivity index (χ3v) is 4.72. The zero-order chi connectivity index (χ0) is 12.3. The summed E-state index contributed by atoms with van der Waals surface area (Å²) < 4.78 is 0.918. The molecule has 0 unspecified atom stereocenters. The molecular formula is C11H15BrN2O2S. The van der Waals surface area contributed by atoms with Crippen molar-refractivity contribution in [3.05, 3.63) is 15.2 Å². The van der Waals surface area contributed by atoms with Crippen molar-refractivity contribution in [2.24, 2.45) is 5.92 Å². The summed E-state index contributed by atoms with van der Waals surface area (Å²) in [6.45, 7) is 1.67. The number of urea groups is 1. The van der Waals surface area contributed by atoms with Crippen molar-refractivity contribution < 1.29 is 9.90 Å². The van der Waals surface area contributed by atoms with Crippen molar-refractivity contribution in [3.8, 4) is 0 Å². The van der Waals surface area contributed by atoms with Crippen molar-refractivity contribution in [2.45, 2.75) is 12.8 Å². The van der Waals surface area contributed by atoms with E-state index in [2.05, 4.69) is 21.2 Å². The molecule has 1 aromatic heterocycles. The number of anilines is 1. The van der Waals surface area contributed by atoms with Crippen LogP contribution in [-0.4, -0.2) is 35.7 Å². The molecule has 17 heavy (non-hydrogen) atoms. The van der Waals surface area contributed by atoms with Crippen molar-refractivity contribution in [1.29, 1.82) is 0 Å². The number of carbonyl (C=O) groups is 1. The second-order valence-corrected chi connectivity index (χ2v) is 5.77. The fourth-order valence-electron chi connectivity index (χ4n) is 1.88. The fourth-order valence-corrected chi connectivity index (χ4v) is 3.21. The lowest BCUT2D eigenvalue weighted by Crippen LogP contribution is -2.41. The van der Waals surface area contributed by atoms with Gasteiger partial charge in [-0.2, -0.15) is 0 Å². The van der Waals surface area contributed by atoms with Crippen molar-refractivity contribution in [3.63, 3.8) is 0 Å². The highest BCUT2D eigenvalue weighted by molar-refractivity contribution is 9.10. The van der Waals surface area contributed by atoms with Gasteiger partial charge in [-0.25, -0.2) is 4.79 Å². The van der Waals surface area contributed by atoms with Gasteiger partial charge in [0.25, 0.3) is 0 Å². The number of carbonyl (C=O) groups excluding carboxylic acids is 1. The third kappa shape index (κ3) is 3.20. The number of nitrogens with zero attached hydrogens (tertiary/aromatic N) is 1. The number of hydrogen-bond donors (Lipinski definition) is 2. The number of thiophene rings is 1. The predicted octanol–water partition coefficient (Wildman–Crippen LogP) is 2.75. The number of aliphatic hydroxyl groups excluding tert-OH is 1. The summed E-state index contributed by atoms with van der Waals surface area (Å²) in [4.78, 5) is 13.8. The molecule has 4 nitrogen and oxygen atoms in total. The molecule has 1 saturated heterocycles. The van der Waals surface area contributed by atoms with Crippen LogP contribution in [0.15, 0.2) is 15.2 Å². The first-order valence-corrected chi connectivity index (χ1v) is 7.32. The van der Waals surface area contributed by atoms with Crippen molar-refractivity contribution >= 4 is 39.0 Å². The van der Waals surface area contributed by atoms with Crippen LogP contribution in [0.1, 0.15) is 12.8 Å². The van der Waals surface area contributed by atoms with Gasteiger partial charge < -0.3 is 15.3 Å². The monoisotopic (exact) mass is 318 g/mol. The molecule has 2 rings (SSSR count). The van der Waals surface area contributed by atoms with E-state index in [1.165, 1.54) is 0 Å². The van der Waals surface area contributed by atoms with Crippen LogP contribution in [0.2, 0.25) is 0 Å². The van der Waals surface area contributed by atoms with Crippen LogP contribution in [0.3, 0.4) is 0 Å². The Morgan fingerprint density at radius 1 is 1.53 bits per heavy atom. The second kappa shape index (κ2) is 5.84. The maximum Gasteiger partial charge on any atom is 0.321 e. The zero-order valence-corrected chi connectivity index (χ0v) is 11.8. The summed E-state index contributed by atoms with van der Waals surface area (Å²) >= 11 is 4.93. The number of halogens is 1. The minimum atomic E-state index is -0.0551. The standard InChI is InChI=1S/C11H15BrN2O2S/c12-9-6-17-7-10(9)13-11(16)14-3-1-8(5-15)2-4-14/h6-8,15H,1-5H2,(H,13,16). The molecule has 0 saturated carbocycles. The molecule has 0 aromatic carbocycles. The highest BCUT2D eigenvalue weighted by Crippen LogP contribution is 2.27. The average molecular weight is 319 g/mol. The van der Waals surface area contributed by atoms with Crippen LogP contribution in [-0.2, 0) is 0 Å². The molecule has 0 aliphatic carbocycles. The molecule has 1 aromatic rings. The first-order valence-electron chi connectivity index (χ1n) is 5.59. The number of hydrogen-bond acceptors (Lipinski definition) is 3. The van der Waals surface area contributed by atoms with Crippen molar-refractivity contribution in [1.82, 2.24) is 4.90 Å². The Kier molecular flexibility index (Phi) is 4.42. The van der Waals surface area contributed by atoms with E-state index in [-0.39, 0.29) is 12.6 Å². The van der Waals surface area contributed by atoms with Crippen LogP contribution in [0.25, 0.3) is 0 Å². The largest absolute Gasteiger partial charge is 0.396 e. The number of amides is 2. The molecule has 2 heterocycles. The molecule has 1 aliphatic rings. The maximum atomic E-state index is 11.9. The normalized spacial score (nSPS) is 17.2. The second-order valence-electron chi connectivity index (χ2n) is 4.18. The molecule has 94 valence electrons. The lowest BCUT2D eigenvalue weighted by atomic mass is 9.98. The number of aliphatic hydroxyl groups is 1. The van der Waals surface area contributed by atoms with Gasteiger partial charge in [-0.15, -0.1) is 11.3 Å². The van der Waals surface area contributed by atoms with Gasteiger partial charge in [0.15, 0.2) is 0 Å². The average Bonchev–Trinajstić information content (AvgIpc) is 2.75. The minimum Gasteiger partial charge on any atom is -0.396 e. The van der Waals surface area contributed by atoms with Gasteiger partial charge in [0, 0.05) is 30.5 Å². The lowest BCUT2D eigenvalue weighted by molar-refractivity contribution is 0.143. The van der Waals surface area contributed by atoms with E-state index in [1.54, 1.807) is 16.2 Å². The highest BCUT2D eigenvalue weighted by Gasteiger charge is 2.22. The minimum absolute atomic E-state index is 0.0551. The van der Waals surface area contributed by atoms with E-state index in [0.717, 1.165) is 36.1 Å². The summed E-state index contributed by atoms with van der Waals surface area (Å²) in [5.74, 6) is 0.354. The molecule has 0 atom stereocenters. The van der Waals surface area contributed by atoms with Crippen LogP contribution in [0.4, 0.5) is 10.5 Å². The first kappa shape index (κ1) is 12.9. The van der Waals surface area contributed by atoms with E-state index >= 15 is 0 Å². The van der Waals surface area contributed by atoms with Crippen LogP contribution < -0.4 is 5.32 Å². The quantitative estimate of drug-likeness (QED) is 0.881. The predicted molar refractivity (Wildman–Crippen MR) is 72.4 cm³/mol. The molecule has 6 heteroatoms. The Balaban J connectivity index is 1.87. The Morgan fingerprint density at radius 2 is 2.24 bits per heavy atom. The molecule has 2 amide bonds. The van der Waals surface area contributed by atoms with Gasteiger partial charge in [0.2, 0.25) is 0 Å². The summed E-state index contributed by atoms with van der Waals surface area (Å²) in [6, 6.07) is -0.0551. The van der Waals surface area contributed by atoms with Crippen LogP contribution in [0.5, 0.6) is 0 Å². The molecule has 0 spiro atoms. The van der Waals surface area contributed by atoms with Crippen LogP contribution >= 0.6 is 27.3 Å². The molecule has 1 aliphatic heterocycles. The van der Waals surface area contributed by atoms with Gasteiger partial charge in [-0.05, 0) is 34.7 Å². The Hall–Kier alpha value is -0.590. The van der Waals surface area contributed by atoms with Crippen LogP contribution in [0, 0.1) is 5.92 Å². The Morgan fingerprint density at radius 3 is 2.76 bits per heavy atom. The van der Waals surface area contributed by atoms with Crippen molar-refractivity contribution in [2.75, 3.05) is 25.0 Å². The SMILES string of the molecule is O=C(Nc1cscc1Br)N1CCC(CO)CC1. The number of rotatable bonds is 2. The smallest absolute Gasteiger partial charge is 0.321 e. The van der Waals surface area contributed by atoms with E-state index < -0.39 is 0 Å². The van der Waals surface area contributed by atoms with Gasteiger partial charge in [0.05, 0.1) is 10.2 Å².